The van der Waals surface area contributed by atoms with Crippen LogP contribution >= 0.6 is 27.7 Å². The van der Waals surface area contributed by atoms with Crippen LogP contribution in [0.15, 0.2) is 74.5 Å². The van der Waals surface area contributed by atoms with Gasteiger partial charge in [0.05, 0.1) is 17.0 Å². The number of amides is 2. The molecule has 4 rings (SSSR count). The second kappa shape index (κ2) is 8.33. The molecular formula is C22H14BrNO5S. The van der Waals surface area contributed by atoms with Gasteiger partial charge in [-0.1, -0.05) is 46.3 Å². The van der Waals surface area contributed by atoms with Gasteiger partial charge in [-0.05, 0) is 47.7 Å². The van der Waals surface area contributed by atoms with Crippen LogP contribution in [0.4, 0.5) is 4.79 Å². The number of furan rings is 1. The van der Waals surface area contributed by atoms with Gasteiger partial charge in [-0.3, -0.25) is 14.5 Å². The maximum absolute atomic E-state index is 12.7. The Bertz CT molecular complexity index is 1200. The number of carbonyl (C=O) groups excluding carboxylic acids is 2. The first-order chi connectivity index (χ1) is 14.4. The van der Waals surface area contributed by atoms with Gasteiger partial charge in [-0.25, -0.2) is 4.79 Å². The van der Waals surface area contributed by atoms with Crippen molar-refractivity contribution in [3.05, 3.63) is 86.9 Å². The number of benzene rings is 2. The summed E-state index contributed by atoms with van der Waals surface area (Å²) >= 11 is 4.29. The van der Waals surface area contributed by atoms with E-state index in [0.29, 0.717) is 17.1 Å². The lowest BCUT2D eigenvalue weighted by molar-refractivity contribution is -0.123. The Labute approximate surface area is 184 Å². The summed E-state index contributed by atoms with van der Waals surface area (Å²) < 4.78 is 6.58. The van der Waals surface area contributed by atoms with E-state index >= 15 is 0 Å². The van der Waals surface area contributed by atoms with Crippen molar-refractivity contribution in [3.8, 4) is 11.3 Å². The van der Waals surface area contributed by atoms with Crippen molar-refractivity contribution in [3.63, 3.8) is 0 Å². The topological polar surface area (TPSA) is 87.8 Å². The number of carbonyl (C=O) groups is 3. The Balaban J connectivity index is 1.55. The monoisotopic (exact) mass is 483 g/mol. The van der Waals surface area contributed by atoms with E-state index in [9.17, 15) is 14.4 Å². The smallest absolute Gasteiger partial charge is 0.335 e. The zero-order chi connectivity index (χ0) is 21.3. The van der Waals surface area contributed by atoms with Crippen LogP contribution in [-0.2, 0) is 11.3 Å². The zero-order valence-corrected chi connectivity index (χ0v) is 17.8. The molecule has 1 aromatic heterocycles. The van der Waals surface area contributed by atoms with Crippen molar-refractivity contribution >= 4 is 50.9 Å². The van der Waals surface area contributed by atoms with Gasteiger partial charge in [0.1, 0.15) is 11.5 Å². The van der Waals surface area contributed by atoms with Crippen molar-refractivity contribution in [1.82, 2.24) is 4.90 Å². The third-order valence-corrected chi connectivity index (χ3v) is 6.14. The summed E-state index contributed by atoms with van der Waals surface area (Å²) in [6.07, 6.45) is 1.52. The van der Waals surface area contributed by atoms with Gasteiger partial charge in [-0.15, -0.1) is 0 Å². The third-order valence-electron chi connectivity index (χ3n) is 4.45. The van der Waals surface area contributed by atoms with E-state index in [-0.39, 0.29) is 28.2 Å². The summed E-state index contributed by atoms with van der Waals surface area (Å²) in [6.45, 7) is 0.175. The highest BCUT2D eigenvalue weighted by Crippen LogP contribution is 2.35. The molecule has 150 valence electrons. The fourth-order valence-electron chi connectivity index (χ4n) is 2.95. The van der Waals surface area contributed by atoms with Crippen LogP contribution in [0.2, 0.25) is 0 Å². The summed E-state index contributed by atoms with van der Waals surface area (Å²) in [5.74, 6) is -0.539. The first kappa shape index (κ1) is 20.2. The molecule has 1 N–H and O–H groups in total. The fraction of sp³-hybridized carbons (Fsp3) is 0.0455. The molecule has 1 aliphatic heterocycles. The second-order valence-corrected chi connectivity index (χ2v) is 8.29. The Morgan fingerprint density at radius 1 is 1.10 bits per heavy atom. The molecule has 30 heavy (non-hydrogen) atoms. The van der Waals surface area contributed by atoms with Crippen LogP contribution in [0.1, 0.15) is 21.7 Å². The maximum atomic E-state index is 12.7. The SMILES string of the molecule is O=C(O)c1cccc(-c2ccc(/C=C3\SC(=O)N(Cc4ccccc4Br)C3=O)o2)c1. The molecule has 1 aliphatic rings. The van der Waals surface area contributed by atoms with Crippen LogP contribution in [-0.4, -0.2) is 27.1 Å². The Hall–Kier alpha value is -3.10. The largest absolute Gasteiger partial charge is 0.478 e. The Kier molecular flexibility index (Phi) is 5.61. The lowest BCUT2D eigenvalue weighted by Crippen LogP contribution is -2.27. The van der Waals surface area contributed by atoms with E-state index in [4.69, 9.17) is 9.52 Å². The molecular weight excluding hydrogens is 470 g/mol. The molecule has 0 spiro atoms. The molecule has 1 saturated heterocycles. The van der Waals surface area contributed by atoms with Crippen LogP contribution in [0, 0.1) is 0 Å². The van der Waals surface area contributed by atoms with Gasteiger partial charge in [0.2, 0.25) is 0 Å². The van der Waals surface area contributed by atoms with Crippen LogP contribution in [0.3, 0.4) is 0 Å². The number of rotatable bonds is 5. The van der Waals surface area contributed by atoms with E-state index in [1.165, 1.54) is 23.1 Å². The zero-order valence-electron chi connectivity index (χ0n) is 15.4. The number of aromatic carboxylic acids is 1. The molecule has 2 aromatic carbocycles. The molecule has 0 atom stereocenters. The number of hydrogen-bond acceptors (Lipinski definition) is 5. The molecule has 0 saturated carbocycles. The van der Waals surface area contributed by atoms with E-state index < -0.39 is 5.97 Å². The lowest BCUT2D eigenvalue weighted by atomic mass is 10.1. The molecule has 0 unspecified atom stereocenters. The normalized spacial score (nSPS) is 15.2. The van der Waals surface area contributed by atoms with Crippen molar-refractivity contribution in [2.24, 2.45) is 0 Å². The highest BCUT2D eigenvalue weighted by atomic mass is 79.9. The van der Waals surface area contributed by atoms with Gasteiger partial charge < -0.3 is 9.52 Å². The number of imide groups is 1. The molecule has 0 aliphatic carbocycles. The summed E-state index contributed by atoms with van der Waals surface area (Å²) in [4.78, 5) is 37.7. The van der Waals surface area contributed by atoms with Crippen molar-refractivity contribution in [1.29, 1.82) is 0 Å². The summed E-state index contributed by atoms with van der Waals surface area (Å²) in [7, 11) is 0. The minimum Gasteiger partial charge on any atom is -0.478 e. The molecule has 0 bridgehead atoms. The molecule has 2 heterocycles. The van der Waals surface area contributed by atoms with E-state index in [1.807, 2.05) is 24.3 Å². The van der Waals surface area contributed by atoms with Crippen LogP contribution < -0.4 is 0 Å². The number of nitrogens with zero attached hydrogens (tertiary/aromatic N) is 1. The minimum atomic E-state index is -1.03. The Morgan fingerprint density at radius 2 is 1.90 bits per heavy atom. The van der Waals surface area contributed by atoms with Crippen molar-refractivity contribution in [2.45, 2.75) is 6.54 Å². The predicted octanol–water partition coefficient (Wildman–Crippen LogP) is 5.64. The molecule has 3 aromatic rings. The number of halogens is 1. The highest BCUT2D eigenvalue weighted by Gasteiger charge is 2.35. The standard InChI is InChI=1S/C22H14BrNO5S/c23-17-7-2-1-4-15(17)12-24-20(25)19(30-22(24)28)11-16-8-9-18(29-16)13-5-3-6-14(10-13)21(26)27/h1-11H,12H2,(H,26,27)/b19-11-. The molecule has 8 heteroatoms. The lowest BCUT2D eigenvalue weighted by Gasteiger charge is -2.13. The van der Waals surface area contributed by atoms with Crippen LogP contribution in [0.5, 0.6) is 0 Å². The summed E-state index contributed by atoms with van der Waals surface area (Å²) in [6, 6.07) is 17.2. The average molecular weight is 484 g/mol. The van der Waals surface area contributed by atoms with Gasteiger partial charge in [0, 0.05) is 16.1 Å². The van der Waals surface area contributed by atoms with Crippen molar-refractivity contribution < 1.29 is 23.9 Å². The van der Waals surface area contributed by atoms with E-state index in [1.54, 1.807) is 24.3 Å². The quantitative estimate of drug-likeness (QED) is 0.472. The number of carboxylic acid groups (broad SMARTS) is 1. The number of carboxylic acids is 1. The number of hydrogen-bond donors (Lipinski definition) is 1. The average Bonchev–Trinajstić information content (AvgIpc) is 3.30. The molecule has 6 nitrogen and oxygen atoms in total. The Morgan fingerprint density at radius 3 is 2.67 bits per heavy atom. The fourth-order valence-corrected chi connectivity index (χ4v) is 4.18. The predicted molar refractivity (Wildman–Crippen MR) is 117 cm³/mol. The summed E-state index contributed by atoms with van der Waals surface area (Å²) in [5.41, 5.74) is 1.59. The highest BCUT2D eigenvalue weighted by molar-refractivity contribution is 9.10. The second-order valence-electron chi connectivity index (χ2n) is 6.45. The number of thioether (sulfide) groups is 1. The maximum Gasteiger partial charge on any atom is 0.335 e. The van der Waals surface area contributed by atoms with Gasteiger partial charge in [0.25, 0.3) is 11.1 Å². The minimum absolute atomic E-state index is 0.152. The van der Waals surface area contributed by atoms with E-state index in [2.05, 4.69) is 15.9 Å². The van der Waals surface area contributed by atoms with Gasteiger partial charge in [0.15, 0.2) is 0 Å². The van der Waals surface area contributed by atoms with Crippen LogP contribution in [0.25, 0.3) is 17.4 Å². The van der Waals surface area contributed by atoms with Gasteiger partial charge >= 0.3 is 5.97 Å². The molecule has 1 fully saturated rings. The van der Waals surface area contributed by atoms with E-state index in [0.717, 1.165) is 21.8 Å². The first-order valence-electron chi connectivity index (χ1n) is 8.85. The first-order valence-corrected chi connectivity index (χ1v) is 10.5. The molecule has 2 amide bonds. The summed E-state index contributed by atoms with van der Waals surface area (Å²) in [5, 5.41) is 8.79. The molecule has 0 radical (unpaired) electrons. The van der Waals surface area contributed by atoms with Crippen molar-refractivity contribution in [2.75, 3.05) is 0 Å². The van der Waals surface area contributed by atoms with Gasteiger partial charge in [-0.2, -0.15) is 0 Å². The third kappa shape index (κ3) is 4.10.